The molecule has 0 saturated carbocycles. The van der Waals surface area contributed by atoms with Crippen LogP contribution in [0, 0.1) is 0 Å². The van der Waals surface area contributed by atoms with Crippen molar-refractivity contribution >= 4 is 59.3 Å². The highest BCUT2D eigenvalue weighted by Crippen LogP contribution is 2.46. The van der Waals surface area contributed by atoms with Gasteiger partial charge in [-0.2, -0.15) is 0 Å². The minimum atomic E-state index is 1.13. The molecule has 0 spiro atoms. The third-order valence-electron chi connectivity index (χ3n) is 8.04. The molecular formula is C40H27NS. The van der Waals surface area contributed by atoms with Crippen molar-refractivity contribution in [3.63, 3.8) is 0 Å². The van der Waals surface area contributed by atoms with Gasteiger partial charge in [-0.3, -0.25) is 0 Å². The first-order valence-electron chi connectivity index (χ1n) is 14.3. The average molecular weight is 554 g/mol. The molecule has 0 fully saturated rings. The quantitative estimate of drug-likeness (QED) is 0.205. The molecule has 0 aliphatic heterocycles. The Labute approximate surface area is 249 Å². The summed E-state index contributed by atoms with van der Waals surface area (Å²) in [5, 5.41) is 5.11. The normalized spacial score (nSPS) is 11.3. The highest BCUT2D eigenvalue weighted by Gasteiger charge is 2.20. The van der Waals surface area contributed by atoms with E-state index in [-0.39, 0.29) is 0 Å². The molecule has 1 nitrogen and oxygen atoms in total. The zero-order chi connectivity index (χ0) is 27.9. The monoisotopic (exact) mass is 553 g/mol. The van der Waals surface area contributed by atoms with Gasteiger partial charge in [-0.15, -0.1) is 11.3 Å². The Morgan fingerprint density at radius 1 is 0.381 bits per heavy atom. The first-order valence-corrected chi connectivity index (χ1v) is 15.1. The lowest BCUT2D eigenvalue weighted by Gasteiger charge is -2.28. The molecule has 0 aliphatic rings. The van der Waals surface area contributed by atoms with Crippen molar-refractivity contribution in [2.45, 2.75) is 0 Å². The van der Waals surface area contributed by atoms with Gasteiger partial charge >= 0.3 is 0 Å². The maximum Gasteiger partial charge on any atom is 0.0554 e. The zero-order valence-corrected chi connectivity index (χ0v) is 23.8. The Hall–Kier alpha value is -5.18. The Morgan fingerprint density at radius 3 is 1.81 bits per heavy atom. The summed E-state index contributed by atoms with van der Waals surface area (Å²) in [5.41, 5.74) is 8.29. The van der Waals surface area contributed by atoms with Gasteiger partial charge < -0.3 is 4.90 Å². The van der Waals surface area contributed by atoms with Crippen LogP contribution >= 0.6 is 11.3 Å². The molecule has 0 radical (unpaired) electrons. The summed E-state index contributed by atoms with van der Waals surface area (Å²) in [6.45, 7) is 0. The minimum absolute atomic E-state index is 1.13. The molecule has 1 heterocycles. The van der Waals surface area contributed by atoms with Crippen LogP contribution in [-0.4, -0.2) is 0 Å². The molecule has 0 saturated heterocycles. The largest absolute Gasteiger partial charge is 0.310 e. The lowest BCUT2D eigenvalue weighted by Crippen LogP contribution is -2.11. The first kappa shape index (κ1) is 24.6. The van der Waals surface area contributed by atoms with E-state index in [2.05, 4.69) is 169 Å². The molecule has 42 heavy (non-hydrogen) atoms. The molecule has 7 aromatic carbocycles. The fraction of sp³-hybridized carbons (Fsp3) is 0. The molecule has 8 rings (SSSR count). The fourth-order valence-electron chi connectivity index (χ4n) is 5.97. The van der Waals surface area contributed by atoms with Crippen molar-refractivity contribution < 1.29 is 0 Å². The van der Waals surface area contributed by atoms with E-state index >= 15 is 0 Å². The molecule has 0 atom stereocenters. The predicted molar refractivity (Wildman–Crippen MR) is 182 cm³/mol. The number of nitrogens with zero attached hydrogens (tertiary/aromatic N) is 1. The summed E-state index contributed by atoms with van der Waals surface area (Å²) >= 11 is 1.86. The van der Waals surface area contributed by atoms with Gasteiger partial charge in [-0.1, -0.05) is 115 Å². The van der Waals surface area contributed by atoms with Crippen LogP contribution in [0.4, 0.5) is 17.1 Å². The summed E-state index contributed by atoms with van der Waals surface area (Å²) in [7, 11) is 0. The van der Waals surface area contributed by atoms with Gasteiger partial charge in [-0.05, 0) is 76.0 Å². The van der Waals surface area contributed by atoms with Crippen molar-refractivity contribution in [2.24, 2.45) is 0 Å². The zero-order valence-electron chi connectivity index (χ0n) is 22.9. The van der Waals surface area contributed by atoms with E-state index in [9.17, 15) is 0 Å². The smallest absolute Gasteiger partial charge is 0.0554 e. The van der Waals surface area contributed by atoms with Crippen LogP contribution in [0.2, 0.25) is 0 Å². The van der Waals surface area contributed by atoms with E-state index < -0.39 is 0 Å². The Balaban J connectivity index is 1.39. The van der Waals surface area contributed by atoms with Gasteiger partial charge in [0.15, 0.2) is 0 Å². The Morgan fingerprint density at radius 2 is 1.00 bits per heavy atom. The molecule has 1 aromatic heterocycles. The third-order valence-corrected chi connectivity index (χ3v) is 9.18. The van der Waals surface area contributed by atoms with Crippen molar-refractivity contribution in [1.82, 2.24) is 0 Å². The molecular weight excluding hydrogens is 527 g/mol. The highest BCUT2D eigenvalue weighted by molar-refractivity contribution is 7.25. The molecule has 0 amide bonds. The lowest BCUT2D eigenvalue weighted by molar-refractivity contribution is 1.29. The molecule has 0 aliphatic carbocycles. The van der Waals surface area contributed by atoms with Gasteiger partial charge in [-0.25, -0.2) is 0 Å². The summed E-state index contributed by atoms with van der Waals surface area (Å²) in [6.07, 6.45) is 0. The topological polar surface area (TPSA) is 3.24 Å². The Kier molecular flexibility index (Phi) is 6.05. The number of rotatable bonds is 5. The van der Waals surface area contributed by atoms with Gasteiger partial charge in [0.05, 0.1) is 5.69 Å². The van der Waals surface area contributed by atoms with Crippen molar-refractivity contribution in [2.75, 3.05) is 4.90 Å². The minimum Gasteiger partial charge on any atom is -0.310 e. The van der Waals surface area contributed by atoms with Crippen LogP contribution in [0.3, 0.4) is 0 Å². The highest BCUT2D eigenvalue weighted by atomic mass is 32.1. The summed E-state index contributed by atoms with van der Waals surface area (Å²) in [6, 6.07) is 59.2. The summed E-state index contributed by atoms with van der Waals surface area (Å²) < 4.78 is 2.60. The maximum atomic E-state index is 2.41. The SMILES string of the molecule is c1ccc(-c2ccc(N(c3ccccc3)c3cc4sc5ccccc5c4cc3-c3ccc4ccccc4c3)cc2)cc1. The van der Waals surface area contributed by atoms with Crippen LogP contribution in [-0.2, 0) is 0 Å². The summed E-state index contributed by atoms with van der Waals surface area (Å²) in [5.74, 6) is 0. The van der Waals surface area contributed by atoms with Gasteiger partial charge in [0.2, 0.25) is 0 Å². The first-order chi connectivity index (χ1) is 20.8. The second-order valence-corrected chi connectivity index (χ2v) is 11.7. The van der Waals surface area contributed by atoms with Crippen molar-refractivity contribution in [3.05, 3.63) is 164 Å². The third kappa shape index (κ3) is 4.34. The van der Waals surface area contributed by atoms with E-state index in [0.29, 0.717) is 0 Å². The van der Waals surface area contributed by atoms with Crippen LogP contribution in [0.15, 0.2) is 164 Å². The lowest BCUT2D eigenvalue weighted by atomic mass is 9.96. The fourth-order valence-corrected chi connectivity index (χ4v) is 7.09. The number of benzene rings is 7. The maximum absolute atomic E-state index is 2.41. The second kappa shape index (κ2) is 10.3. The number of anilines is 3. The van der Waals surface area contributed by atoms with Crippen LogP contribution < -0.4 is 4.90 Å². The molecule has 2 heteroatoms. The van der Waals surface area contributed by atoms with Crippen molar-refractivity contribution in [3.8, 4) is 22.3 Å². The summed E-state index contributed by atoms with van der Waals surface area (Å²) in [4.78, 5) is 2.41. The number of thiophene rings is 1. The predicted octanol–water partition coefficient (Wildman–Crippen LogP) is 12.0. The average Bonchev–Trinajstić information content (AvgIpc) is 3.43. The van der Waals surface area contributed by atoms with Gasteiger partial charge in [0, 0.05) is 37.1 Å². The second-order valence-electron chi connectivity index (χ2n) is 10.6. The van der Waals surface area contributed by atoms with Crippen LogP contribution in [0.25, 0.3) is 53.2 Å². The van der Waals surface area contributed by atoms with Crippen LogP contribution in [0.1, 0.15) is 0 Å². The molecule has 8 aromatic rings. The van der Waals surface area contributed by atoms with E-state index in [1.54, 1.807) is 0 Å². The molecule has 0 N–H and O–H groups in total. The van der Waals surface area contributed by atoms with Gasteiger partial charge in [0.25, 0.3) is 0 Å². The van der Waals surface area contributed by atoms with Crippen LogP contribution in [0.5, 0.6) is 0 Å². The molecule has 0 unspecified atom stereocenters. The Bertz CT molecular complexity index is 2180. The van der Waals surface area contributed by atoms with E-state index in [4.69, 9.17) is 0 Å². The number of fused-ring (bicyclic) bond motifs is 4. The standard InChI is InChI=1S/C40H27NS/c1-3-11-28(12-4-1)30-21-23-34(24-22-30)41(33-15-5-2-6-16-33)38-27-40-37(35-17-9-10-18-39(35)42-40)26-36(38)32-20-19-29-13-7-8-14-31(29)25-32/h1-27H. The number of hydrogen-bond donors (Lipinski definition) is 0. The van der Waals surface area contributed by atoms with E-state index in [0.717, 1.165) is 11.4 Å². The molecule has 198 valence electrons. The molecule has 0 bridgehead atoms. The van der Waals surface area contributed by atoms with Gasteiger partial charge in [0.1, 0.15) is 0 Å². The number of para-hydroxylation sites is 1. The van der Waals surface area contributed by atoms with E-state index in [1.165, 1.54) is 58.9 Å². The van der Waals surface area contributed by atoms with E-state index in [1.807, 2.05) is 11.3 Å². The van der Waals surface area contributed by atoms with Crippen molar-refractivity contribution in [1.29, 1.82) is 0 Å². The number of hydrogen-bond acceptors (Lipinski definition) is 2.